The van der Waals surface area contributed by atoms with Gasteiger partial charge in [0.05, 0.1) is 5.75 Å². The molecule has 0 aliphatic rings. The van der Waals surface area contributed by atoms with Crippen LogP contribution in [0.2, 0.25) is 0 Å². The van der Waals surface area contributed by atoms with Gasteiger partial charge in [-0.1, -0.05) is 0 Å². The largest absolute Gasteiger partial charge is 0.329 e. The van der Waals surface area contributed by atoms with Crippen molar-refractivity contribution in [2.75, 3.05) is 12.3 Å². The molecule has 6 heteroatoms. The van der Waals surface area contributed by atoms with Crippen LogP contribution in [0.5, 0.6) is 0 Å². The fraction of sp³-hybridized carbons (Fsp3) is 0.333. The fourth-order valence-corrected chi connectivity index (χ4v) is 3.82. The van der Waals surface area contributed by atoms with Crippen LogP contribution >= 0.6 is 27.3 Å². The first kappa shape index (κ1) is 10.2. The highest BCUT2D eigenvalue weighted by Crippen LogP contribution is 2.24. The van der Waals surface area contributed by atoms with Gasteiger partial charge in [0.2, 0.25) is 0 Å². The summed E-state index contributed by atoms with van der Waals surface area (Å²) >= 11 is 4.40. The highest BCUT2D eigenvalue weighted by atomic mass is 79.9. The van der Waals surface area contributed by atoms with Gasteiger partial charge in [0.25, 0.3) is 0 Å². The van der Waals surface area contributed by atoms with Crippen LogP contribution in [0.25, 0.3) is 0 Å². The molecular formula is C6H8BrNO2S2. The zero-order valence-electron chi connectivity index (χ0n) is 6.16. The van der Waals surface area contributed by atoms with Crippen molar-refractivity contribution in [3.05, 3.63) is 15.9 Å². The van der Waals surface area contributed by atoms with E-state index in [2.05, 4.69) is 15.9 Å². The summed E-state index contributed by atoms with van der Waals surface area (Å²) in [5.41, 5.74) is 5.17. The maximum atomic E-state index is 11.4. The van der Waals surface area contributed by atoms with Crippen LogP contribution in [0.15, 0.2) is 20.1 Å². The first-order valence-electron chi connectivity index (χ1n) is 3.23. The number of sulfone groups is 1. The lowest BCUT2D eigenvalue weighted by molar-refractivity contribution is 0.598. The Labute approximate surface area is 83.6 Å². The summed E-state index contributed by atoms with van der Waals surface area (Å²) in [5, 5.41) is 1.74. The van der Waals surface area contributed by atoms with E-state index in [1.807, 2.05) is 0 Å². The Kier molecular flexibility index (Phi) is 3.28. The Bertz CT molecular complexity index is 357. The van der Waals surface area contributed by atoms with Crippen molar-refractivity contribution in [3.8, 4) is 0 Å². The molecule has 0 saturated carbocycles. The molecule has 0 saturated heterocycles. The van der Waals surface area contributed by atoms with Crippen molar-refractivity contribution in [1.82, 2.24) is 0 Å². The van der Waals surface area contributed by atoms with Gasteiger partial charge >= 0.3 is 0 Å². The smallest absolute Gasteiger partial charge is 0.189 e. The summed E-state index contributed by atoms with van der Waals surface area (Å²) in [7, 11) is -3.13. The second-order valence-electron chi connectivity index (χ2n) is 2.19. The molecule has 0 aliphatic carbocycles. The molecule has 1 aromatic rings. The molecule has 0 aliphatic heterocycles. The maximum absolute atomic E-state index is 11.4. The minimum Gasteiger partial charge on any atom is -0.329 e. The minimum absolute atomic E-state index is 0.0138. The lowest BCUT2D eigenvalue weighted by Gasteiger charge is -1.96. The van der Waals surface area contributed by atoms with Gasteiger partial charge in [-0.05, 0) is 22.0 Å². The van der Waals surface area contributed by atoms with E-state index in [9.17, 15) is 8.42 Å². The highest BCUT2D eigenvalue weighted by molar-refractivity contribution is 9.10. The number of hydrogen-bond donors (Lipinski definition) is 1. The summed E-state index contributed by atoms with van der Waals surface area (Å²) in [6, 6.07) is 1.59. The Hall–Kier alpha value is 0.0900. The van der Waals surface area contributed by atoms with Crippen LogP contribution in [0.1, 0.15) is 0 Å². The van der Waals surface area contributed by atoms with E-state index < -0.39 is 9.84 Å². The van der Waals surface area contributed by atoms with Crippen molar-refractivity contribution in [2.45, 2.75) is 4.21 Å². The zero-order chi connectivity index (χ0) is 9.19. The van der Waals surface area contributed by atoms with E-state index in [0.29, 0.717) is 4.21 Å². The van der Waals surface area contributed by atoms with E-state index in [-0.39, 0.29) is 12.3 Å². The lowest BCUT2D eigenvalue weighted by atomic mass is 10.7. The standard InChI is InChI=1S/C6H8BrNO2S2/c7-5-3-6(11-4-5)12(9,10)2-1-8/h3-4H,1-2,8H2. The lowest BCUT2D eigenvalue weighted by Crippen LogP contribution is -2.14. The van der Waals surface area contributed by atoms with Crippen LogP contribution < -0.4 is 5.73 Å². The molecule has 3 nitrogen and oxygen atoms in total. The van der Waals surface area contributed by atoms with Gasteiger partial charge < -0.3 is 5.73 Å². The average Bonchev–Trinajstić information content (AvgIpc) is 2.36. The van der Waals surface area contributed by atoms with Crippen molar-refractivity contribution < 1.29 is 8.42 Å². The number of nitrogens with two attached hydrogens (primary N) is 1. The van der Waals surface area contributed by atoms with Gasteiger partial charge in [0, 0.05) is 16.4 Å². The number of thiophene rings is 1. The molecule has 0 bridgehead atoms. The molecule has 0 atom stereocenters. The van der Waals surface area contributed by atoms with E-state index in [0.717, 1.165) is 4.47 Å². The molecular weight excluding hydrogens is 262 g/mol. The Balaban J connectivity index is 2.98. The van der Waals surface area contributed by atoms with E-state index >= 15 is 0 Å². The SMILES string of the molecule is NCCS(=O)(=O)c1cc(Br)cs1. The quantitative estimate of drug-likeness (QED) is 0.899. The molecule has 0 radical (unpaired) electrons. The Morgan fingerprint density at radius 3 is 2.67 bits per heavy atom. The zero-order valence-corrected chi connectivity index (χ0v) is 9.38. The first-order valence-corrected chi connectivity index (χ1v) is 6.55. The number of rotatable bonds is 3. The van der Waals surface area contributed by atoms with Crippen molar-refractivity contribution in [1.29, 1.82) is 0 Å². The maximum Gasteiger partial charge on any atom is 0.189 e. The van der Waals surface area contributed by atoms with Crippen molar-refractivity contribution >= 4 is 37.1 Å². The molecule has 0 amide bonds. The van der Waals surface area contributed by atoms with Gasteiger partial charge in [0.15, 0.2) is 9.84 Å². The second-order valence-corrected chi connectivity index (χ2v) is 6.35. The third kappa shape index (κ3) is 2.29. The molecule has 12 heavy (non-hydrogen) atoms. The summed E-state index contributed by atoms with van der Waals surface area (Å²) < 4.78 is 23.9. The Morgan fingerprint density at radius 1 is 1.58 bits per heavy atom. The summed E-state index contributed by atoms with van der Waals surface area (Å²) in [6.45, 7) is 0.165. The predicted molar refractivity (Wildman–Crippen MR) is 53.1 cm³/mol. The van der Waals surface area contributed by atoms with Gasteiger partial charge in [-0.15, -0.1) is 11.3 Å². The molecule has 1 aromatic heterocycles. The van der Waals surface area contributed by atoms with Crippen LogP contribution in [-0.4, -0.2) is 20.7 Å². The van der Waals surface area contributed by atoms with Gasteiger partial charge in [-0.25, -0.2) is 8.42 Å². The monoisotopic (exact) mass is 269 g/mol. The molecule has 1 heterocycles. The van der Waals surface area contributed by atoms with Crippen LogP contribution in [0, 0.1) is 0 Å². The molecule has 1 rings (SSSR count). The van der Waals surface area contributed by atoms with Crippen LogP contribution in [0.3, 0.4) is 0 Å². The van der Waals surface area contributed by atoms with Gasteiger partial charge in [-0.3, -0.25) is 0 Å². The second kappa shape index (κ2) is 3.87. The number of halogens is 1. The molecule has 0 spiro atoms. The molecule has 0 aromatic carbocycles. The average molecular weight is 270 g/mol. The summed E-state index contributed by atoms with van der Waals surface area (Å²) in [5.74, 6) is 0.0138. The molecule has 0 fully saturated rings. The minimum atomic E-state index is -3.13. The van der Waals surface area contributed by atoms with E-state index in [1.165, 1.54) is 11.3 Å². The Morgan fingerprint density at radius 2 is 2.25 bits per heavy atom. The van der Waals surface area contributed by atoms with E-state index in [4.69, 9.17) is 5.73 Å². The van der Waals surface area contributed by atoms with Crippen LogP contribution in [0.4, 0.5) is 0 Å². The normalized spacial score (nSPS) is 11.8. The third-order valence-electron chi connectivity index (χ3n) is 1.24. The summed E-state index contributed by atoms with van der Waals surface area (Å²) in [6.07, 6.45) is 0. The molecule has 0 unspecified atom stereocenters. The predicted octanol–water partition coefficient (Wildman–Crippen LogP) is 1.24. The topological polar surface area (TPSA) is 60.2 Å². The summed E-state index contributed by atoms with van der Waals surface area (Å²) in [4.78, 5) is 0. The highest BCUT2D eigenvalue weighted by Gasteiger charge is 2.14. The van der Waals surface area contributed by atoms with Crippen molar-refractivity contribution in [2.24, 2.45) is 5.73 Å². The van der Waals surface area contributed by atoms with Gasteiger partial charge in [-0.2, -0.15) is 0 Å². The number of hydrogen-bond acceptors (Lipinski definition) is 4. The van der Waals surface area contributed by atoms with Crippen molar-refractivity contribution in [3.63, 3.8) is 0 Å². The van der Waals surface area contributed by atoms with Crippen LogP contribution in [-0.2, 0) is 9.84 Å². The fourth-order valence-electron chi connectivity index (χ4n) is 0.714. The van der Waals surface area contributed by atoms with Gasteiger partial charge in [0.1, 0.15) is 4.21 Å². The first-order chi connectivity index (χ1) is 5.56. The molecule has 2 N–H and O–H groups in total. The molecule has 68 valence electrons. The third-order valence-corrected chi connectivity index (χ3v) is 5.27. The van der Waals surface area contributed by atoms with E-state index in [1.54, 1.807) is 11.4 Å².